The minimum Gasteiger partial charge on any atom is -0.415 e. The maximum absolute atomic E-state index is 13.3. The van der Waals surface area contributed by atoms with E-state index in [-0.39, 0.29) is 35.7 Å². The molecule has 4 nitrogen and oxygen atoms in total. The lowest BCUT2D eigenvalue weighted by molar-refractivity contribution is -0.164. The largest absolute Gasteiger partial charge is 0.415 e. The quantitative estimate of drug-likeness (QED) is 0.365. The van der Waals surface area contributed by atoms with E-state index in [1.165, 1.54) is 0 Å². The zero-order chi connectivity index (χ0) is 24.4. The van der Waals surface area contributed by atoms with E-state index in [0.29, 0.717) is 16.7 Å². The second kappa shape index (κ2) is 10.5. The van der Waals surface area contributed by atoms with Gasteiger partial charge in [0.15, 0.2) is 8.32 Å². The molecule has 0 radical (unpaired) electrons. The van der Waals surface area contributed by atoms with Crippen molar-refractivity contribution in [3.05, 3.63) is 69.7 Å². The second-order valence-corrected chi connectivity index (χ2v) is 15.9. The fourth-order valence-corrected chi connectivity index (χ4v) is 5.30. The van der Waals surface area contributed by atoms with Crippen molar-refractivity contribution in [1.29, 1.82) is 0 Å². The molecule has 1 saturated heterocycles. The van der Waals surface area contributed by atoms with Gasteiger partial charge in [-0.1, -0.05) is 75.2 Å². The van der Waals surface area contributed by atoms with Gasteiger partial charge in [0.25, 0.3) is 0 Å². The third-order valence-electron chi connectivity index (χ3n) is 6.96. The molecule has 0 bridgehead atoms. The molecule has 33 heavy (non-hydrogen) atoms. The lowest BCUT2D eigenvalue weighted by Crippen LogP contribution is -2.53. The molecule has 2 aromatic carbocycles. The summed E-state index contributed by atoms with van der Waals surface area (Å²) in [5, 5.41) is 1.39. The summed E-state index contributed by atoms with van der Waals surface area (Å²) in [5.74, 6) is -0.0288. The number of benzene rings is 2. The first-order valence-corrected chi connectivity index (χ1v) is 15.2. The summed E-state index contributed by atoms with van der Waals surface area (Å²) >= 11 is 12.5. The van der Waals surface area contributed by atoms with Crippen molar-refractivity contribution >= 4 is 37.4 Å². The molecule has 2 aromatic rings. The monoisotopic (exact) mass is 507 g/mol. The molecular formula is C26H35Cl2NO3Si. The highest BCUT2D eigenvalue weighted by Gasteiger charge is 2.43. The molecule has 0 saturated carbocycles. The number of amides is 1. The number of carbonyl (C=O) groups excluding carboxylic acids is 1. The van der Waals surface area contributed by atoms with Crippen molar-refractivity contribution in [2.24, 2.45) is 0 Å². The molecule has 1 unspecified atom stereocenters. The van der Waals surface area contributed by atoms with Crippen LogP contribution in [0.15, 0.2) is 48.5 Å². The predicted octanol–water partition coefficient (Wildman–Crippen LogP) is 7.44. The van der Waals surface area contributed by atoms with Crippen LogP contribution < -0.4 is 0 Å². The molecule has 1 aliphatic heterocycles. The van der Waals surface area contributed by atoms with Crippen LogP contribution in [0.3, 0.4) is 0 Å². The van der Waals surface area contributed by atoms with E-state index in [4.69, 9.17) is 32.4 Å². The van der Waals surface area contributed by atoms with Crippen molar-refractivity contribution in [3.8, 4) is 0 Å². The van der Waals surface area contributed by atoms with Crippen molar-refractivity contribution < 1.29 is 14.0 Å². The normalized spacial score (nSPS) is 20.7. The van der Waals surface area contributed by atoms with Gasteiger partial charge in [-0.25, -0.2) is 0 Å². The Morgan fingerprint density at radius 3 is 2.33 bits per heavy atom. The zero-order valence-corrected chi connectivity index (χ0v) is 22.9. The van der Waals surface area contributed by atoms with Crippen molar-refractivity contribution in [3.63, 3.8) is 0 Å². The van der Waals surface area contributed by atoms with E-state index in [2.05, 4.69) is 40.8 Å². The summed E-state index contributed by atoms with van der Waals surface area (Å²) in [5.41, 5.74) is 1.92. The van der Waals surface area contributed by atoms with Gasteiger partial charge >= 0.3 is 0 Å². The molecule has 7 heteroatoms. The van der Waals surface area contributed by atoms with Crippen molar-refractivity contribution in [2.45, 2.75) is 70.4 Å². The number of nitrogens with zero attached hydrogens (tertiary/aromatic N) is 1. The molecule has 3 atom stereocenters. The summed E-state index contributed by atoms with van der Waals surface area (Å²) < 4.78 is 12.7. The van der Waals surface area contributed by atoms with Gasteiger partial charge in [-0.05, 0) is 59.9 Å². The molecule has 0 aliphatic carbocycles. The molecule has 180 valence electrons. The van der Waals surface area contributed by atoms with Gasteiger partial charge in [-0.3, -0.25) is 4.79 Å². The molecule has 1 amide bonds. The fourth-order valence-electron chi connectivity index (χ4n) is 3.93. The lowest BCUT2D eigenvalue weighted by Gasteiger charge is -2.46. The van der Waals surface area contributed by atoms with Gasteiger partial charge < -0.3 is 14.1 Å². The minimum absolute atomic E-state index is 0.0257. The Labute approximate surface area is 209 Å². The minimum atomic E-state index is -1.97. The molecule has 0 aromatic heterocycles. The van der Waals surface area contributed by atoms with Gasteiger partial charge in [0.2, 0.25) is 5.91 Å². The summed E-state index contributed by atoms with van der Waals surface area (Å²) in [7, 11) is -1.97. The second-order valence-electron chi connectivity index (χ2n) is 10.2. The highest BCUT2D eigenvalue weighted by atomic mass is 35.5. The van der Waals surface area contributed by atoms with E-state index in [1.807, 2.05) is 53.4 Å². The Hall–Kier alpha value is -1.37. The van der Waals surface area contributed by atoms with Crippen LogP contribution in [0.25, 0.3) is 0 Å². The average molecular weight is 509 g/mol. The Kier molecular flexibility index (Phi) is 8.34. The summed E-state index contributed by atoms with van der Waals surface area (Å²) in [6, 6.07) is 15.0. The van der Waals surface area contributed by atoms with Gasteiger partial charge in [-0.15, -0.1) is 0 Å². The fraction of sp³-hybridized carbons (Fsp3) is 0.500. The van der Waals surface area contributed by atoms with E-state index >= 15 is 0 Å². The first-order valence-electron chi connectivity index (χ1n) is 11.5. The average Bonchev–Trinajstić information content (AvgIpc) is 2.74. The number of ether oxygens (including phenoxy) is 1. The van der Waals surface area contributed by atoms with Crippen molar-refractivity contribution in [2.75, 3.05) is 13.2 Å². The van der Waals surface area contributed by atoms with Gasteiger partial charge in [0, 0.05) is 10.0 Å². The first kappa shape index (κ1) is 26.2. The van der Waals surface area contributed by atoms with E-state index in [0.717, 1.165) is 17.5 Å². The molecule has 0 spiro atoms. The number of hydrogen-bond acceptors (Lipinski definition) is 3. The van der Waals surface area contributed by atoms with Crippen LogP contribution in [0.1, 0.15) is 57.4 Å². The maximum Gasteiger partial charge on any atom is 0.249 e. The van der Waals surface area contributed by atoms with Gasteiger partial charge in [-0.2, -0.15) is 0 Å². The summed E-state index contributed by atoms with van der Waals surface area (Å²) in [4.78, 5) is 15.3. The van der Waals surface area contributed by atoms with Crippen LogP contribution in [-0.2, 0) is 14.0 Å². The number of rotatable bonds is 7. The maximum atomic E-state index is 13.3. The lowest BCUT2D eigenvalue weighted by atomic mass is 9.91. The SMILES string of the molecule is CC[C@@H](CO[Si](C)(C)C(C)(C)C)N1C(=O)CO[C@H](c2cccc(Cl)c2)C1c1ccc(Cl)cc1. The highest BCUT2D eigenvalue weighted by molar-refractivity contribution is 6.74. The highest BCUT2D eigenvalue weighted by Crippen LogP contribution is 2.43. The Morgan fingerprint density at radius 1 is 1.09 bits per heavy atom. The Balaban J connectivity index is 2.01. The van der Waals surface area contributed by atoms with E-state index in [1.54, 1.807) is 0 Å². The molecule has 0 N–H and O–H groups in total. The summed E-state index contributed by atoms with van der Waals surface area (Å²) in [6.07, 6.45) is 0.441. The Bertz CT molecular complexity index is 959. The third-order valence-corrected chi connectivity index (χ3v) is 11.9. The molecule has 1 heterocycles. The smallest absolute Gasteiger partial charge is 0.249 e. The predicted molar refractivity (Wildman–Crippen MR) is 138 cm³/mol. The number of hydrogen-bond donors (Lipinski definition) is 0. The topological polar surface area (TPSA) is 38.8 Å². The van der Waals surface area contributed by atoms with E-state index in [9.17, 15) is 4.79 Å². The zero-order valence-electron chi connectivity index (χ0n) is 20.4. The summed E-state index contributed by atoms with van der Waals surface area (Å²) in [6.45, 7) is 13.8. The third kappa shape index (κ3) is 6.01. The van der Waals surface area contributed by atoms with Crippen LogP contribution in [-0.4, -0.2) is 38.4 Å². The Morgan fingerprint density at radius 2 is 1.76 bits per heavy atom. The van der Waals surface area contributed by atoms with Crippen LogP contribution in [0, 0.1) is 0 Å². The number of morpholine rings is 1. The van der Waals surface area contributed by atoms with Crippen LogP contribution in [0.5, 0.6) is 0 Å². The molecular weight excluding hydrogens is 473 g/mol. The molecule has 1 aliphatic rings. The standard InChI is InChI=1S/C26H35Cl2NO3Si/c1-7-22(16-32-33(5,6)26(2,3)4)29-23(30)17-31-25(19-9-8-10-21(28)15-19)24(29)18-11-13-20(27)14-12-18/h8-15,22,24-25H,7,16-17H2,1-6H3/t22-,24?,25+/m0/s1. The molecule has 1 fully saturated rings. The number of halogens is 2. The van der Waals surface area contributed by atoms with Gasteiger partial charge in [0.1, 0.15) is 12.7 Å². The van der Waals surface area contributed by atoms with Crippen LogP contribution in [0.2, 0.25) is 28.2 Å². The van der Waals surface area contributed by atoms with E-state index < -0.39 is 8.32 Å². The molecule has 3 rings (SSSR count). The van der Waals surface area contributed by atoms with Crippen molar-refractivity contribution in [1.82, 2.24) is 4.90 Å². The van der Waals surface area contributed by atoms with Gasteiger partial charge in [0.05, 0.1) is 18.7 Å². The number of carbonyl (C=O) groups is 1. The first-order chi connectivity index (χ1) is 15.4. The van der Waals surface area contributed by atoms with Crippen LogP contribution >= 0.6 is 23.2 Å². The van der Waals surface area contributed by atoms with Crippen LogP contribution in [0.4, 0.5) is 0 Å².